The van der Waals surface area contributed by atoms with E-state index < -0.39 is 0 Å². The molecule has 0 N–H and O–H groups in total. The SMILES string of the molecule is COC1CC(OC)(c2cccc(COc3ccc4c(-c5ccc(F)cc5)c5c(cc4c3)C(=O)OC5)c2)C1. The summed E-state index contributed by atoms with van der Waals surface area (Å²) < 4.78 is 36.4. The highest BCUT2D eigenvalue weighted by Gasteiger charge is 2.46. The number of cyclic esters (lactones) is 1. The normalized spacial score (nSPS) is 20.4. The fourth-order valence-electron chi connectivity index (χ4n) is 5.49. The van der Waals surface area contributed by atoms with Gasteiger partial charge in [0.05, 0.1) is 17.3 Å². The van der Waals surface area contributed by atoms with E-state index in [-0.39, 0.29) is 30.1 Å². The van der Waals surface area contributed by atoms with E-state index in [4.69, 9.17) is 18.9 Å². The van der Waals surface area contributed by atoms with Gasteiger partial charge in [0, 0.05) is 32.6 Å². The predicted molar refractivity (Wildman–Crippen MR) is 138 cm³/mol. The Morgan fingerprint density at radius 3 is 2.57 bits per heavy atom. The van der Waals surface area contributed by atoms with E-state index in [1.54, 1.807) is 26.4 Å². The molecule has 0 radical (unpaired) electrons. The summed E-state index contributed by atoms with van der Waals surface area (Å²) in [7, 11) is 3.48. The Hall–Kier alpha value is -3.74. The lowest BCUT2D eigenvalue weighted by Crippen LogP contribution is -2.47. The predicted octanol–water partition coefficient (Wildman–Crippen LogP) is 6.55. The number of halogens is 1. The molecule has 1 aliphatic heterocycles. The molecule has 1 saturated carbocycles. The average Bonchev–Trinajstić information content (AvgIpc) is 3.27. The number of carbonyl (C=O) groups is 1. The first kappa shape index (κ1) is 23.6. The molecule has 1 heterocycles. The second kappa shape index (κ2) is 9.29. The summed E-state index contributed by atoms with van der Waals surface area (Å²) in [4.78, 5) is 12.4. The molecule has 0 saturated heterocycles. The van der Waals surface area contributed by atoms with E-state index in [0.29, 0.717) is 17.9 Å². The highest BCUT2D eigenvalue weighted by Crippen LogP contribution is 2.46. The molecule has 2 aliphatic rings. The summed E-state index contributed by atoms with van der Waals surface area (Å²) in [6.45, 7) is 0.601. The van der Waals surface area contributed by atoms with Crippen LogP contribution in [0.2, 0.25) is 0 Å². The summed E-state index contributed by atoms with van der Waals surface area (Å²) in [5.41, 5.74) is 4.94. The monoisotopic (exact) mass is 498 g/mol. The molecule has 0 aromatic heterocycles. The van der Waals surface area contributed by atoms with Gasteiger partial charge in [0.25, 0.3) is 0 Å². The number of esters is 1. The maximum atomic E-state index is 13.6. The van der Waals surface area contributed by atoms with Crippen LogP contribution in [0, 0.1) is 5.82 Å². The molecular weight excluding hydrogens is 471 g/mol. The van der Waals surface area contributed by atoms with Gasteiger partial charge in [-0.05, 0) is 69.4 Å². The first-order valence-electron chi connectivity index (χ1n) is 12.3. The number of hydrogen-bond acceptors (Lipinski definition) is 5. The van der Waals surface area contributed by atoms with Crippen molar-refractivity contribution in [2.24, 2.45) is 0 Å². The van der Waals surface area contributed by atoms with Crippen molar-refractivity contribution in [3.63, 3.8) is 0 Å². The van der Waals surface area contributed by atoms with Gasteiger partial charge in [-0.3, -0.25) is 0 Å². The number of hydrogen-bond donors (Lipinski definition) is 0. The zero-order chi connectivity index (χ0) is 25.6. The van der Waals surface area contributed by atoms with Gasteiger partial charge in [-0.2, -0.15) is 0 Å². The van der Waals surface area contributed by atoms with Gasteiger partial charge in [-0.15, -0.1) is 0 Å². The van der Waals surface area contributed by atoms with Crippen LogP contribution in [-0.2, 0) is 33.0 Å². The molecule has 0 amide bonds. The Morgan fingerprint density at radius 1 is 1.00 bits per heavy atom. The van der Waals surface area contributed by atoms with Crippen molar-refractivity contribution in [2.75, 3.05) is 14.2 Å². The molecule has 0 spiro atoms. The van der Waals surface area contributed by atoms with Crippen LogP contribution in [0.25, 0.3) is 21.9 Å². The van der Waals surface area contributed by atoms with E-state index >= 15 is 0 Å². The van der Waals surface area contributed by atoms with E-state index in [2.05, 4.69) is 12.1 Å². The Kier molecular flexibility index (Phi) is 5.94. The Labute approximate surface area is 214 Å². The minimum Gasteiger partial charge on any atom is -0.489 e. The third kappa shape index (κ3) is 4.16. The highest BCUT2D eigenvalue weighted by atomic mass is 19.1. The molecule has 1 fully saturated rings. The number of methoxy groups -OCH3 is 2. The van der Waals surface area contributed by atoms with Gasteiger partial charge >= 0.3 is 5.97 Å². The van der Waals surface area contributed by atoms with Crippen molar-refractivity contribution < 1.29 is 28.1 Å². The standard InChI is InChI=1S/C31H27FO5/c1-34-25-15-31(16-25,35-2)22-5-3-4-19(12-22)17-36-24-10-11-26-21(13-24)14-27-28(18-37-30(27)33)29(26)20-6-8-23(32)9-7-20/h3-14,25H,15-18H2,1-2H3. The number of fused-ring (bicyclic) bond motifs is 2. The summed E-state index contributed by atoms with van der Waals surface area (Å²) in [5.74, 6) is 0.0425. The van der Waals surface area contributed by atoms with Crippen LogP contribution in [0.15, 0.2) is 72.8 Å². The topological polar surface area (TPSA) is 54.0 Å². The number of rotatable bonds is 7. The summed E-state index contributed by atoms with van der Waals surface area (Å²) in [6, 6.07) is 22.3. The smallest absolute Gasteiger partial charge is 0.338 e. The summed E-state index contributed by atoms with van der Waals surface area (Å²) >= 11 is 0. The minimum absolute atomic E-state index is 0.208. The first-order chi connectivity index (χ1) is 18.0. The molecule has 37 heavy (non-hydrogen) atoms. The average molecular weight is 499 g/mol. The lowest BCUT2D eigenvalue weighted by molar-refractivity contribution is -0.154. The Balaban J connectivity index is 1.29. The van der Waals surface area contributed by atoms with Crippen LogP contribution >= 0.6 is 0 Å². The first-order valence-corrected chi connectivity index (χ1v) is 12.3. The third-order valence-electron chi connectivity index (χ3n) is 7.62. The fourth-order valence-corrected chi connectivity index (χ4v) is 5.49. The molecule has 0 atom stereocenters. The van der Waals surface area contributed by atoms with Crippen LogP contribution in [0.1, 0.15) is 39.9 Å². The van der Waals surface area contributed by atoms with Crippen LogP contribution in [-0.4, -0.2) is 26.3 Å². The van der Waals surface area contributed by atoms with Gasteiger partial charge in [-0.25, -0.2) is 9.18 Å². The van der Waals surface area contributed by atoms with E-state index in [1.165, 1.54) is 12.1 Å². The van der Waals surface area contributed by atoms with Crippen LogP contribution in [0.3, 0.4) is 0 Å². The Bertz CT molecular complexity index is 1490. The van der Waals surface area contributed by atoms with Crippen LogP contribution in [0.4, 0.5) is 4.39 Å². The molecule has 5 nitrogen and oxygen atoms in total. The van der Waals surface area contributed by atoms with E-state index in [0.717, 1.165) is 51.4 Å². The van der Waals surface area contributed by atoms with Crippen LogP contribution in [0.5, 0.6) is 5.75 Å². The van der Waals surface area contributed by atoms with Crippen molar-refractivity contribution in [3.8, 4) is 16.9 Å². The largest absolute Gasteiger partial charge is 0.489 e. The maximum absolute atomic E-state index is 13.6. The van der Waals surface area contributed by atoms with Crippen molar-refractivity contribution in [1.29, 1.82) is 0 Å². The second-order valence-electron chi connectivity index (χ2n) is 9.70. The molecule has 4 aromatic carbocycles. The van der Waals surface area contributed by atoms with Crippen molar-refractivity contribution in [2.45, 2.75) is 37.8 Å². The second-order valence-corrected chi connectivity index (χ2v) is 9.70. The molecule has 0 bridgehead atoms. The fraction of sp³-hybridized carbons (Fsp3) is 0.258. The Morgan fingerprint density at radius 2 is 1.81 bits per heavy atom. The lowest BCUT2D eigenvalue weighted by Gasteiger charge is -2.46. The van der Waals surface area contributed by atoms with Gasteiger partial charge in [0.15, 0.2) is 0 Å². The third-order valence-corrected chi connectivity index (χ3v) is 7.62. The molecule has 188 valence electrons. The highest BCUT2D eigenvalue weighted by molar-refractivity contribution is 6.07. The maximum Gasteiger partial charge on any atom is 0.338 e. The molecule has 6 rings (SSSR count). The molecule has 1 aliphatic carbocycles. The summed E-state index contributed by atoms with van der Waals surface area (Å²) in [5, 5.41) is 1.82. The molecule has 4 aromatic rings. The van der Waals surface area contributed by atoms with Gasteiger partial charge in [0.1, 0.15) is 24.8 Å². The van der Waals surface area contributed by atoms with E-state index in [9.17, 15) is 9.18 Å². The molecule has 0 unspecified atom stereocenters. The number of benzene rings is 4. The summed E-state index contributed by atoms with van der Waals surface area (Å²) in [6.07, 6.45) is 1.88. The zero-order valence-electron chi connectivity index (χ0n) is 20.8. The van der Waals surface area contributed by atoms with Gasteiger partial charge < -0.3 is 18.9 Å². The lowest BCUT2D eigenvalue weighted by atomic mass is 9.72. The van der Waals surface area contributed by atoms with Crippen molar-refractivity contribution >= 4 is 16.7 Å². The van der Waals surface area contributed by atoms with Crippen molar-refractivity contribution in [3.05, 3.63) is 101 Å². The van der Waals surface area contributed by atoms with Crippen molar-refractivity contribution in [1.82, 2.24) is 0 Å². The van der Waals surface area contributed by atoms with E-state index in [1.807, 2.05) is 36.4 Å². The number of carbonyl (C=O) groups excluding carboxylic acids is 1. The van der Waals surface area contributed by atoms with Gasteiger partial charge in [-0.1, -0.05) is 36.4 Å². The van der Waals surface area contributed by atoms with Gasteiger partial charge in [0.2, 0.25) is 0 Å². The minimum atomic E-state index is -0.345. The zero-order valence-corrected chi connectivity index (χ0v) is 20.8. The molecule has 6 heteroatoms. The van der Waals surface area contributed by atoms with Crippen LogP contribution < -0.4 is 4.74 Å². The quantitative estimate of drug-likeness (QED) is 0.271. The molecular formula is C31H27FO5. The number of ether oxygens (including phenoxy) is 4.